The molecule has 1 heterocycles. The molecule has 0 bridgehead atoms. The van der Waals surface area contributed by atoms with Gasteiger partial charge in [0.15, 0.2) is 6.29 Å². The molecular weight excluding hydrogens is 306 g/mol. The Morgan fingerprint density at radius 2 is 1.60 bits per heavy atom. The zero-order valence-corrected chi connectivity index (χ0v) is 14.6. The van der Waals surface area contributed by atoms with Gasteiger partial charge in [-0.2, -0.15) is 0 Å². The Balaban J connectivity index is 2.03. The van der Waals surface area contributed by atoms with Crippen LogP contribution in [0.2, 0.25) is 0 Å². The number of aryl methyl sites for hydroxylation is 1. The van der Waals surface area contributed by atoms with E-state index in [2.05, 4.69) is 67.1 Å². The van der Waals surface area contributed by atoms with E-state index in [9.17, 15) is 4.79 Å². The van der Waals surface area contributed by atoms with E-state index >= 15 is 0 Å². The molecule has 0 aliphatic heterocycles. The first-order valence-corrected chi connectivity index (χ1v) is 8.76. The van der Waals surface area contributed by atoms with E-state index in [0.717, 1.165) is 34.9 Å². The molecule has 0 spiro atoms. The van der Waals surface area contributed by atoms with Crippen molar-refractivity contribution in [3.8, 4) is 0 Å². The summed E-state index contributed by atoms with van der Waals surface area (Å²) in [6.07, 6.45) is 1.96. The number of aromatic nitrogens is 1. The van der Waals surface area contributed by atoms with E-state index in [0.29, 0.717) is 0 Å². The van der Waals surface area contributed by atoms with Crippen LogP contribution in [0.25, 0.3) is 21.7 Å². The van der Waals surface area contributed by atoms with Crippen LogP contribution in [0, 0.1) is 0 Å². The van der Waals surface area contributed by atoms with Crippen molar-refractivity contribution in [1.82, 2.24) is 4.57 Å². The Labute approximate surface area is 147 Å². The number of benzene rings is 3. The van der Waals surface area contributed by atoms with E-state index < -0.39 is 0 Å². The van der Waals surface area contributed by atoms with Gasteiger partial charge in [-0.3, -0.25) is 4.79 Å². The van der Waals surface area contributed by atoms with Crippen molar-refractivity contribution in [2.45, 2.75) is 19.3 Å². The Morgan fingerprint density at radius 3 is 2.36 bits per heavy atom. The van der Waals surface area contributed by atoms with Crippen LogP contribution < -0.4 is 0 Å². The minimum atomic E-state index is 0.184. The molecule has 0 saturated heterocycles. The number of hydrogen-bond acceptors (Lipinski definition) is 1. The molecule has 4 aromatic rings. The summed E-state index contributed by atoms with van der Waals surface area (Å²) in [4.78, 5) is 12.0. The fourth-order valence-electron chi connectivity index (χ4n) is 4.10. The number of para-hydroxylation sites is 1. The normalized spacial score (nSPS) is 12.6. The Morgan fingerprint density at radius 1 is 0.920 bits per heavy atom. The number of carbonyl (C=O) groups excluding carboxylic acids is 1. The first-order chi connectivity index (χ1) is 12.3. The molecule has 0 unspecified atom stereocenters. The van der Waals surface area contributed by atoms with Crippen molar-refractivity contribution < 1.29 is 4.79 Å². The van der Waals surface area contributed by atoms with Gasteiger partial charge in [-0.25, -0.2) is 0 Å². The van der Waals surface area contributed by atoms with Crippen LogP contribution in [0.4, 0.5) is 0 Å². The lowest BCUT2D eigenvalue weighted by Gasteiger charge is -2.20. The summed E-state index contributed by atoms with van der Waals surface area (Å²) in [6, 6.07) is 23.1. The van der Waals surface area contributed by atoms with Crippen LogP contribution in [0.15, 0.2) is 66.7 Å². The molecule has 3 aromatic carbocycles. The van der Waals surface area contributed by atoms with E-state index in [-0.39, 0.29) is 5.92 Å². The third-order valence-electron chi connectivity index (χ3n) is 5.25. The molecule has 2 heteroatoms. The molecule has 25 heavy (non-hydrogen) atoms. The summed E-state index contributed by atoms with van der Waals surface area (Å²) in [5.74, 6) is 0.184. The molecule has 1 atom stereocenters. The van der Waals surface area contributed by atoms with Gasteiger partial charge < -0.3 is 4.57 Å². The van der Waals surface area contributed by atoms with E-state index in [1.807, 2.05) is 18.2 Å². The van der Waals surface area contributed by atoms with E-state index in [1.54, 1.807) is 0 Å². The van der Waals surface area contributed by atoms with Gasteiger partial charge in [0.1, 0.15) is 0 Å². The highest BCUT2D eigenvalue weighted by Crippen LogP contribution is 2.37. The maximum absolute atomic E-state index is 12.0. The quantitative estimate of drug-likeness (QED) is 0.442. The van der Waals surface area contributed by atoms with Crippen molar-refractivity contribution in [2.24, 2.45) is 7.05 Å². The molecule has 0 radical (unpaired) electrons. The van der Waals surface area contributed by atoms with Gasteiger partial charge in [0, 0.05) is 35.1 Å². The fourth-order valence-corrected chi connectivity index (χ4v) is 4.10. The van der Waals surface area contributed by atoms with Crippen LogP contribution in [0.5, 0.6) is 0 Å². The molecule has 0 aliphatic rings. The highest BCUT2D eigenvalue weighted by molar-refractivity contribution is 6.00. The zero-order valence-electron chi connectivity index (χ0n) is 14.6. The Bertz CT molecular complexity index is 1070. The van der Waals surface area contributed by atoms with Crippen molar-refractivity contribution >= 4 is 28.0 Å². The lowest BCUT2D eigenvalue weighted by Crippen LogP contribution is -2.08. The number of aldehydes is 1. The maximum Gasteiger partial charge on any atom is 0.152 e. The van der Waals surface area contributed by atoms with Crippen LogP contribution in [0.3, 0.4) is 0 Å². The summed E-state index contributed by atoms with van der Waals surface area (Å²) in [5, 5.41) is 3.54. The van der Waals surface area contributed by atoms with Crippen LogP contribution in [-0.4, -0.2) is 10.9 Å². The first kappa shape index (κ1) is 15.6. The molecule has 0 amide bonds. The lowest BCUT2D eigenvalue weighted by atomic mass is 9.87. The average Bonchev–Trinajstić information content (AvgIpc) is 2.95. The zero-order chi connectivity index (χ0) is 17.4. The topological polar surface area (TPSA) is 22.0 Å². The number of carbonyl (C=O) groups is 1. The van der Waals surface area contributed by atoms with Crippen LogP contribution >= 0.6 is 0 Å². The number of rotatable bonds is 4. The molecule has 0 fully saturated rings. The predicted octanol–water partition coefficient (Wildman–Crippen LogP) is 5.69. The smallest absolute Gasteiger partial charge is 0.152 e. The second-order valence-electron chi connectivity index (χ2n) is 6.52. The van der Waals surface area contributed by atoms with Gasteiger partial charge in [0.05, 0.1) is 0 Å². The maximum atomic E-state index is 12.0. The van der Waals surface area contributed by atoms with Gasteiger partial charge >= 0.3 is 0 Å². The third-order valence-corrected chi connectivity index (χ3v) is 5.25. The summed E-state index contributed by atoms with van der Waals surface area (Å²) >= 11 is 0. The van der Waals surface area contributed by atoms with Crippen molar-refractivity contribution in [3.05, 3.63) is 83.6 Å². The van der Waals surface area contributed by atoms with Gasteiger partial charge in [0.25, 0.3) is 0 Å². The highest BCUT2D eigenvalue weighted by atomic mass is 16.1. The second kappa shape index (κ2) is 6.21. The predicted molar refractivity (Wildman–Crippen MR) is 104 cm³/mol. The Hall–Kier alpha value is -2.87. The van der Waals surface area contributed by atoms with Crippen LogP contribution in [0.1, 0.15) is 40.9 Å². The SMILES string of the molecule is CC[C@@H](c1cccc2ccccc12)c1c(C=O)c2ccccc2n1C. The molecule has 1 aromatic heterocycles. The Kier molecular flexibility index (Phi) is 3.89. The highest BCUT2D eigenvalue weighted by Gasteiger charge is 2.24. The average molecular weight is 327 g/mol. The molecular formula is C23H21NO. The van der Waals surface area contributed by atoms with Crippen molar-refractivity contribution in [1.29, 1.82) is 0 Å². The molecule has 0 aliphatic carbocycles. The van der Waals surface area contributed by atoms with E-state index in [1.165, 1.54) is 16.3 Å². The largest absolute Gasteiger partial charge is 0.346 e. The molecule has 0 N–H and O–H groups in total. The number of fused-ring (bicyclic) bond motifs is 2. The summed E-state index contributed by atoms with van der Waals surface area (Å²) in [7, 11) is 2.07. The van der Waals surface area contributed by atoms with Gasteiger partial charge in [-0.15, -0.1) is 0 Å². The second-order valence-corrected chi connectivity index (χ2v) is 6.52. The third kappa shape index (κ3) is 2.37. The molecule has 124 valence electrons. The number of nitrogens with zero attached hydrogens (tertiary/aromatic N) is 1. The van der Waals surface area contributed by atoms with Gasteiger partial charge in [0.2, 0.25) is 0 Å². The monoisotopic (exact) mass is 327 g/mol. The van der Waals surface area contributed by atoms with Crippen LogP contribution in [-0.2, 0) is 7.05 Å². The van der Waals surface area contributed by atoms with Gasteiger partial charge in [-0.1, -0.05) is 67.6 Å². The molecule has 2 nitrogen and oxygen atoms in total. The molecule has 4 rings (SSSR count). The summed E-state index contributed by atoms with van der Waals surface area (Å²) in [6.45, 7) is 2.19. The standard InChI is InChI=1S/C23H21NO/c1-3-17(19-13-8-10-16-9-4-5-11-18(16)19)23-21(15-25)20-12-6-7-14-22(20)24(23)2/h4-15,17H,3H2,1-2H3/t17-/m0/s1. The van der Waals surface area contributed by atoms with Gasteiger partial charge in [-0.05, 0) is 28.8 Å². The first-order valence-electron chi connectivity index (χ1n) is 8.76. The van der Waals surface area contributed by atoms with Crippen molar-refractivity contribution in [3.63, 3.8) is 0 Å². The minimum absolute atomic E-state index is 0.184. The van der Waals surface area contributed by atoms with Crippen molar-refractivity contribution in [2.75, 3.05) is 0 Å². The fraction of sp³-hybridized carbons (Fsp3) is 0.174. The lowest BCUT2D eigenvalue weighted by molar-refractivity contribution is 0.112. The number of hydrogen-bond donors (Lipinski definition) is 0. The molecule has 0 saturated carbocycles. The summed E-state index contributed by atoms with van der Waals surface area (Å²) < 4.78 is 2.19. The van der Waals surface area contributed by atoms with E-state index in [4.69, 9.17) is 0 Å². The summed E-state index contributed by atoms with van der Waals surface area (Å²) in [5.41, 5.74) is 4.32. The minimum Gasteiger partial charge on any atom is -0.346 e.